The van der Waals surface area contributed by atoms with Crippen LogP contribution in [0.5, 0.6) is 11.5 Å². The number of thiol groups is 1. The van der Waals surface area contributed by atoms with Crippen LogP contribution in [0.3, 0.4) is 0 Å². The second-order valence-electron chi connectivity index (χ2n) is 5.91. The van der Waals surface area contributed by atoms with Crippen LogP contribution in [-0.4, -0.2) is 53.0 Å². The number of hydrogen-bond acceptors (Lipinski definition) is 5. The lowest BCUT2D eigenvalue weighted by atomic mass is 9.86. The predicted octanol–water partition coefficient (Wildman–Crippen LogP) is 1.59. The van der Waals surface area contributed by atoms with Gasteiger partial charge in [0.05, 0.1) is 5.37 Å². The number of amides is 1. The van der Waals surface area contributed by atoms with E-state index >= 15 is 0 Å². The number of benzene rings is 1. The number of carbonyl (C=O) groups is 1. The molecule has 5 rings (SSSR count). The van der Waals surface area contributed by atoms with Gasteiger partial charge in [-0.3, -0.25) is 9.69 Å². The van der Waals surface area contributed by atoms with E-state index in [-0.39, 0.29) is 18.1 Å². The van der Waals surface area contributed by atoms with E-state index in [0.29, 0.717) is 29.1 Å². The lowest BCUT2D eigenvalue weighted by Gasteiger charge is -2.57. The molecule has 2 bridgehead atoms. The number of hydrogen-bond donors (Lipinski definition) is 1. The summed E-state index contributed by atoms with van der Waals surface area (Å²) in [7, 11) is 0. The molecule has 3 unspecified atom stereocenters. The first kappa shape index (κ1) is 13.3. The summed E-state index contributed by atoms with van der Waals surface area (Å²) in [5, 5.41) is 0.248. The van der Waals surface area contributed by atoms with E-state index in [0.717, 1.165) is 19.5 Å². The van der Waals surface area contributed by atoms with Gasteiger partial charge in [-0.25, -0.2) is 0 Å². The van der Waals surface area contributed by atoms with Gasteiger partial charge in [0.2, 0.25) is 6.79 Å². The molecule has 4 aliphatic heterocycles. The van der Waals surface area contributed by atoms with E-state index in [1.165, 1.54) is 0 Å². The van der Waals surface area contributed by atoms with Crippen molar-refractivity contribution < 1.29 is 14.3 Å². The molecule has 0 N–H and O–H groups in total. The highest BCUT2D eigenvalue weighted by molar-refractivity contribution is 7.80. The highest BCUT2D eigenvalue weighted by atomic mass is 32.1. The molecule has 4 aliphatic rings. The second kappa shape index (κ2) is 4.81. The van der Waals surface area contributed by atoms with Crippen LogP contribution in [0.4, 0.5) is 0 Å². The Labute approximate surface area is 129 Å². The van der Waals surface area contributed by atoms with Crippen LogP contribution < -0.4 is 9.47 Å². The zero-order valence-corrected chi connectivity index (χ0v) is 12.8. The minimum absolute atomic E-state index is 0.0982. The maximum atomic E-state index is 12.7. The van der Waals surface area contributed by atoms with Crippen molar-refractivity contribution in [3.63, 3.8) is 0 Å². The SMILES string of the molecule is CC(S)N1CC2CC(C1)N2C(=O)c1ccc2c(c1)OCO2. The number of piperidine rings is 1. The Morgan fingerprint density at radius 3 is 2.71 bits per heavy atom. The van der Waals surface area contributed by atoms with Crippen LogP contribution in [0.1, 0.15) is 23.7 Å². The number of fused-ring (bicyclic) bond motifs is 3. The van der Waals surface area contributed by atoms with Crippen molar-refractivity contribution >= 4 is 18.5 Å². The molecule has 1 aromatic carbocycles. The molecule has 0 aromatic heterocycles. The van der Waals surface area contributed by atoms with Crippen LogP contribution in [0.15, 0.2) is 18.2 Å². The fourth-order valence-corrected chi connectivity index (χ4v) is 3.65. The van der Waals surface area contributed by atoms with Gasteiger partial charge in [0, 0.05) is 30.7 Å². The van der Waals surface area contributed by atoms with Crippen LogP contribution in [0.25, 0.3) is 0 Å². The van der Waals surface area contributed by atoms with Gasteiger partial charge in [-0.2, -0.15) is 12.6 Å². The number of carbonyl (C=O) groups excluding carboxylic acids is 1. The Balaban J connectivity index is 1.52. The first-order chi connectivity index (χ1) is 10.1. The minimum atomic E-state index is 0.0982. The van der Waals surface area contributed by atoms with Crippen LogP contribution in [0.2, 0.25) is 0 Å². The standard InChI is InChI=1S/C15H18N2O3S/c1-9(21)16-6-11-5-12(7-16)17(11)15(18)10-2-3-13-14(4-10)20-8-19-13/h2-4,9,11-12,21H,5-8H2,1H3. The van der Waals surface area contributed by atoms with Gasteiger partial charge in [0.15, 0.2) is 11.5 Å². The molecule has 5 nitrogen and oxygen atoms in total. The fraction of sp³-hybridized carbons (Fsp3) is 0.533. The summed E-state index contributed by atoms with van der Waals surface area (Å²) in [5.74, 6) is 1.48. The largest absolute Gasteiger partial charge is 0.454 e. The Bertz CT molecular complexity index is 580. The quantitative estimate of drug-likeness (QED) is 0.843. The Morgan fingerprint density at radius 1 is 1.29 bits per heavy atom. The number of ether oxygens (including phenoxy) is 2. The molecule has 6 heteroatoms. The molecule has 1 amide bonds. The van der Waals surface area contributed by atoms with Gasteiger partial charge >= 0.3 is 0 Å². The highest BCUT2D eigenvalue weighted by Crippen LogP contribution is 2.37. The van der Waals surface area contributed by atoms with Crippen molar-refractivity contribution in [1.82, 2.24) is 9.80 Å². The summed E-state index contributed by atoms with van der Waals surface area (Å²) in [6, 6.07) is 6.06. The maximum absolute atomic E-state index is 12.7. The molecule has 1 aromatic rings. The lowest BCUT2D eigenvalue weighted by Crippen LogP contribution is -2.70. The van der Waals surface area contributed by atoms with E-state index in [2.05, 4.69) is 24.5 Å². The van der Waals surface area contributed by atoms with E-state index < -0.39 is 0 Å². The van der Waals surface area contributed by atoms with Crippen molar-refractivity contribution in [3.8, 4) is 11.5 Å². The number of rotatable bonds is 2. The number of piperazine rings is 1. The monoisotopic (exact) mass is 306 g/mol. The van der Waals surface area contributed by atoms with Crippen LogP contribution in [-0.2, 0) is 0 Å². The molecule has 0 spiro atoms. The molecule has 0 radical (unpaired) electrons. The summed E-state index contributed by atoms with van der Waals surface area (Å²) in [4.78, 5) is 17.1. The van der Waals surface area contributed by atoms with E-state index in [1.54, 1.807) is 6.07 Å². The molecule has 3 atom stereocenters. The molecule has 0 aliphatic carbocycles. The minimum Gasteiger partial charge on any atom is -0.454 e. The Kier molecular flexibility index (Phi) is 3.04. The van der Waals surface area contributed by atoms with Crippen molar-refractivity contribution in [2.75, 3.05) is 19.9 Å². The third-order valence-electron chi connectivity index (χ3n) is 4.60. The zero-order chi connectivity index (χ0) is 14.6. The van der Waals surface area contributed by atoms with Gasteiger partial charge in [-0.1, -0.05) is 0 Å². The van der Waals surface area contributed by atoms with E-state index in [9.17, 15) is 4.79 Å². The summed E-state index contributed by atoms with van der Waals surface area (Å²) < 4.78 is 10.6. The van der Waals surface area contributed by atoms with Gasteiger partial charge < -0.3 is 14.4 Å². The molecule has 4 heterocycles. The van der Waals surface area contributed by atoms with Crippen molar-refractivity contribution in [3.05, 3.63) is 23.8 Å². The molecular formula is C15H18N2O3S. The fourth-order valence-electron chi connectivity index (χ4n) is 3.46. The molecular weight excluding hydrogens is 288 g/mol. The smallest absolute Gasteiger partial charge is 0.254 e. The predicted molar refractivity (Wildman–Crippen MR) is 80.9 cm³/mol. The third kappa shape index (κ3) is 2.08. The van der Waals surface area contributed by atoms with Gasteiger partial charge in [0.25, 0.3) is 5.91 Å². The first-order valence-corrected chi connectivity index (χ1v) is 7.79. The lowest BCUT2D eigenvalue weighted by molar-refractivity contribution is -0.0491. The summed E-state index contributed by atoms with van der Waals surface area (Å²) in [5.41, 5.74) is 0.682. The number of nitrogens with zero attached hydrogens (tertiary/aromatic N) is 2. The molecule has 3 saturated heterocycles. The van der Waals surface area contributed by atoms with Gasteiger partial charge in [-0.15, -0.1) is 0 Å². The third-order valence-corrected chi connectivity index (χ3v) is 4.93. The highest BCUT2D eigenvalue weighted by Gasteiger charge is 2.47. The average molecular weight is 306 g/mol. The van der Waals surface area contributed by atoms with Gasteiger partial charge in [0.1, 0.15) is 0 Å². The molecule has 3 fully saturated rings. The zero-order valence-electron chi connectivity index (χ0n) is 11.9. The molecule has 112 valence electrons. The summed E-state index contributed by atoms with van der Waals surface area (Å²) >= 11 is 4.49. The van der Waals surface area contributed by atoms with E-state index in [4.69, 9.17) is 9.47 Å². The Morgan fingerprint density at radius 2 is 2.00 bits per heavy atom. The maximum Gasteiger partial charge on any atom is 0.254 e. The van der Waals surface area contributed by atoms with Crippen LogP contribution >= 0.6 is 12.6 Å². The van der Waals surface area contributed by atoms with E-state index in [1.807, 2.05) is 17.0 Å². The van der Waals surface area contributed by atoms with Gasteiger partial charge in [-0.05, 0) is 31.5 Å². The topological polar surface area (TPSA) is 42.0 Å². The van der Waals surface area contributed by atoms with Crippen molar-refractivity contribution in [1.29, 1.82) is 0 Å². The first-order valence-electron chi connectivity index (χ1n) is 7.28. The van der Waals surface area contributed by atoms with Crippen molar-refractivity contribution in [2.24, 2.45) is 0 Å². The summed E-state index contributed by atoms with van der Waals surface area (Å²) in [6.45, 7) is 4.14. The normalized spacial score (nSPS) is 28.2. The Hall–Kier alpha value is -1.40. The summed E-state index contributed by atoms with van der Waals surface area (Å²) in [6.07, 6.45) is 1.10. The van der Waals surface area contributed by atoms with Crippen molar-refractivity contribution in [2.45, 2.75) is 30.8 Å². The molecule has 0 saturated carbocycles. The molecule has 21 heavy (non-hydrogen) atoms. The second-order valence-corrected chi connectivity index (χ2v) is 6.66. The average Bonchev–Trinajstić information content (AvgIpc) is 2.94. The van der Waals surface area contributed by atoms with Crippen LogP contribution in [0, 0.1) is 0 Å².